The lowest BCUT2D eigenvalue weighted by Crippen LogP contribution is -2.34. The Hall–Kier alpha value is 0.140. The second-order valence-electron chi connectivity index (χ2n) is 3.65. The first-order chi connectivity index (χ1) is 6.74. The zero-order valence-electron chi connectivity index (χ0n) is 8.87. The second-order valence-corrected chi connectivity index (χ2v) is 5.47. The molecule has 0 spiro atoms. The van der Waals surface area contributed by atoms with Crippen LogP contribution in [0.25, 0.3) is 0 Å². The molecule has 0 saturated heterocycles. The Morgan fingerprint density at radius 1 is 1.43 bits per heavy atom. The van der Waals surface area contributed by atoms with Gasteiger partial charge in [-0.25, -0.2) is 0 Å². The van der Waals surface area contributed by atoms with Gasteiger partial charge in [0.1, 0.15) is 0 Å². The first kappa shape index (κ1) is 12.2. The highest BCUT2D eigenvalue weighted by molar-refractivity contribution is 9.09. The van der Waals surface area contributed by atoms with Crippen molar-refractivity contribution >= 4 is 27.3 Å². The highest BCUT2D eigenvalue weighted by Gasteiger charge is 2.08. The van der Waals surface area contributed by atoms with Crippen molar-refractivity contribution < 1.29 is 0 Å². The van der Waals surface area contributed by atoms with Gasteiger partial charge in [-0.2, -0.15) is 0 Å². The number of nitrogens with zero attached hydrogens (tertiary/aromatic N) is 1. The van der Waals surface area contributed by atoms with Crippen LogP contribution in [0.5, 0.6) is 0 Å². The van der Waals surface area contributed by atoms with Gasteiger partial charge in [-0.15, -0.1) is 11.3 Å². The maximum absolute atomic E-state index is 3.50. The number of halogens is 1. The fraction of sp³-hybridized carbons (Fsp3) is 0.636. The Labute approximate surface area is 99.3 Å². The fourth-order valence-electron chi connectivity index (χ4n) is 1.45. The van der Waals surface area contributed by atoms with Gasteiger partial charge in [-0.1, -0.05) is 22.0 Å². The average Bonchev–Trinajstić information content (AvgIpc) is 2.64. The summed E-state index contributed by atoms with van der Waals surface area (Å²) in [6.07, 6.45) is 1.18. The van der Waals surface area contributed by atoms with Crippen LogP contribution in [0.3, 0.4) is 0 Å². The van der Waals surface area contributed by atoms with Crippen LogP contribution >= 0.6 is 27.3 Å². The van der Waals surface area contributed by atoms with Gasteiger partial charge in [0.25, 0.3) is 0 Å². The molecule has 0 aliphatic rings. The van der Waals surface area contributed by atoms with Crippen molar-refractivity contribution in [2.24, 2.45) is 0 Å². The van der Waals surface area contributed by atoms with E-state index in [0.717, 1.165) is 11.9 Å². The van der Waals surface area contributed by atoms with Crippen LogP contribution in [0.4, 0.5) is 0 Å². The highest BCUT2D eigenvalue weighted by atomic mass is 79.9. The second kappa shape index (κ2) is 6.59. The molecule has 0 aromatic carbocycles. The van der Waals surface area contributed by atoms with E-state index in [1.807, 2.05) is 11.3 Å². The maximum Gasteiger partial charge on any atom is 0.0159 e. The van der Waals surface area contributed by atoms with Gasteiger partial charge in [-0.05, 0) is 31.7 Å². The number of rotatable bonds is 6. The molecule has 1 aromatic heterocycles. The molecule has 3 heteroatoms. The summed E-state index contributed by atoms with van der Waals surface area (Å²) in [4.78, 5) is 4.00. The van der Waals surface area contributed by atoms with Crippen molar-refractivity contribution in [3.05, 3.63) is 22.4 Å². The number of hydrogen-bond acceptors (Lipinski definition) is 2. The Balaban J connectivity index is 2.33. The summed E-state index contributed by atoms with van der Waals surface area (Å²) >= 11 is 5.35. The molecular formula is C11H18BrNS. The summed E-state index contributed by atoms with van der Waals surface area (Å²) < 4.78 is 0. The normalized spacial score (nSPS) is 11.5. The van der Waals surface area contributed by atoms with Crippen LogP contribution < -0.4 is 0 Å². The predicted molar refractivity (Wildman–Crippen MR) is 68.5 cm³/mol. The van der Waals surface area contributed by atoms with E-state index in [4.69, 9.17) is 0 Å². The zero-order chi connectivity index (χ0) is 10.4. The molecule has 0 fully saturated rings. The van der Waals surface area contributed by atoms with E-state index in [2.05, 4.69) is 52.2 Å². The minimum atomic E-state index is 0.646. The van der Waals surface area contributed by atoms with Gasteiger partial charge in [0.05, 0.1) is 0 Å². The topological polar surface area (TPSA) is 3.24 Å². The Kier molecular flexibility index (Phi) is 5.75. The molecule has 80 valence electrons. The van der Waals surface area contributed by atoms with Crippen molar-refractivity contribution in [3.63, 3.8) is 0 Å². The fourth-order valence-corrected chi connectivity index (χ4v) is 2.60. The lowest BCUT2D eigenvalue weighted by Gasteiger charge is -2.25. The number of hydrogen-bond donors (Lipinski definition) is 0. The van der Waals surface area contributed by atoms with E-state index in [0.29, 0.717) is 6.04 Å². The van der Waals surface area contributed by atoms with Gasteiger partial charge in [-0.3, -0.25) is 4.90 Å². The molecule has 0 saturated carbocycles. The summed E-state index contributed by atoms with van der Waals surface area (Å²) in [6.45, 7) is 6.83. The van der Waals surface area contributed by atoms with Crippen molar-refractivity contribution in [2.45, 2.75) is 26.3 Å². The molecular weight excluding hydrogens is 258 g/mol. The first-order valence-corrected chi connectivity index (χ1v) is 7.06. The van der Waals surface area contributed by atoms with Crippen molar-refractivity contribution in [1.29, 1.82) is 0 Å². The van der Waals surface area contributed by atoms with E-state index in [9.17, 15) is 0 Å². The van der Waals surface area contributed by atoms with Gasteiger partial charge < -0.3 is 0 Å². The summed E-state index contributed by atoms with van der Waals surface area (Å²) in [7, 11) is 0. The standard InChI is InChI=1S/C11H18BrNS/c1-10(2)13(8-6-12)7-5-11-4-3-9-14-11/h3-4,9-10H,5-8H2,1-2H3. The maximum atomic E-state index is 3.50. The Morgan fingerprint density at radius 3 is 2.71 bits per heavy atom. The van der Waals surface area contributed by atoms with Crippen LogP contribution in [0.15, 0.2) is 17.5 Å². The summed E-state index contributed by atoms with van der Waals surface area (Å²) in [6, 6.07) is 4.99. The summed E-state index contributed by atoms with van der Waals surface area (Å²) in [5.74, 6) is 0. The van der Waals surface area contributed by atoms with Crippen LogP contribution in [-0.2, 0) is 6.42 Å². The van der Waals surface area contributed by atoms with Crippen LogP contribution in [0.1, 0.15) is 18.7 Å². The predicted octanol–water partition coefficient (Wildman–Crippen LogP) is 3.40. The van der Waals surface area contributed by atoms with Gasteiger partial charge in [0.2, 0.25) is 0 Å². The third kappa shape index (κ3) is 4.11. The molecule has 1 nitrogen and oxygen atoms in total. The van der Waals surface area contributed by atoms with Crippen LogP contribution in [0, 0.1) is 0 Å². The largest absolute Gasteiger partial charge is 0.300 e. The molecule has 0 unspecified atom stereocenters. The molecule has 0 N–H and O–H groups in total. The molecule has 0 amide bonds. The van der Waals surface area contributed by atoms with Gasteiger partial charge >= 0.3 is 0 Å². The quantitative estimate of drug-likeness (QED) is 0.720. The Morgan fingerprint density at radius 2 is 2.21 bits per heavy atom. The summed E-state index contributed by atoms with van der Waals surface area (Å²) in [5.41, 5.74) is 0. The SMILES string of the molecule is CC(C)N(CCBr)CCc1cccs1. The smallest absolute Gasteiger partial charge is 0.0159 e. The highest BCUT2D eigenvalue weighted by Crippen LogP contribution is 2.10. The molecule has 1 rings (SSSR count). The molecule has 0 aliphatic carbocycles. The van der Waals surface area contributed by atoms with Crippen molar-refractivity contribution in [1.82, 2.24) is 4.90 Å². The lowest BCUT2D eigenvalue weighted by molar-refractivity contribution is 0.240. The average molecular weight is 276 g/mol. The van der Waals surface area contributed by atoms with Crippen LogP contribution in [-0.4, -0.2) is 29.4 Å². The Bertz CT molecular complexity index is 233. The molecule has 1 aromatic rings. The minimum absolute atomic E-state index is 0.646. The molecule has 0 aliphatic heterocycles. The van der Waals surface area contributed by atoms with Gasteiger partial charge in [0, 0.05) is 29.3 Å². The molecule has 14 heavy (non-hydrogen) atoms. The molecule has 0 radical (unpaired) electrons. The van der Waals surface area contributed by atoms with Crippen molar-refractivity contribution in [2.75, 3.05) is 18.4 Å². The minimum Gasteiger partial charge on any atom is -0.300 e. The monoisotopic (exact) mass is 275 g/mol. The molecule has 1 heterocycles. The van der Waals surface area contributed by atoms with Crippen molar-refractivity contribution in [3.8, 4) is 0 Å². The summed E-state index contributed by atoms with van der Waals surface area (Å²) in [5, 5.41) is 3.22. The van der Waals surface area contributed by atoms with Gasteiger partial charge in [0.15, 0.2) is 0 Å². The molecule has 0 bridgehead atoms. The third-order valence-corrected chi connectivity index (χ3v) is 3.62. The zero-order valence-corrected chi connectivity index (χ0v) is 11.3. The first-order valence-electron chi connectivity index (χ1n) is 5.06. The van der Waals surface area contributed by atoms with E-state index in [1.165, 1.54) is 17.8 Å². The molecule has 0 atom stereocenters. The van der Waals surface area contributed by atoms with E-state index >= 15 is 0 Å². The van der Waals surface area contributed by atoms with E-state index in [1.54, 1.807) is 0 Å². The number of alkyl halides is 1. The van der Waals surface area contributed by atoms with Crippen LogP contribution in [0.2, 0.25) is 0 Å². The lowest BCUT2D eigenvalue weighted by atomic mass is 10.2. The third-order valence-electron chi connectivity index (χ3n) is 2.33. The number of thiophene rings is 1. The van der Waals surface area contributed by atoms with E-state index < -0.39 is 0 Å². The van der Waals surface area contributed by atoms with E-state index in [-0.39, 0.29) is 0 Å².